The minimum atomic E-state index is 0.413. The first kappa shape index (κ1) is 10.2. The SMILES string of the molecule is CCN=C(NN)NC(C)CC. The Morgan fingerprint density at radius 1 is 1.55 bits per heavy atom. The number of guanidine groups is 1. The van der Waals surface area contributed by atoms with Crippen molar-refractivity contribution in [3.63, 3.8) is 0 Å². The lowest BCUT2D eigenvalue weighted by atomic mass is 10.3. The highest BCUT2D eigenvalue weighted by atomic mass is 15.3. The highest BCUT2D eigenvalue weighted by Crippen LogP contribution is 1.86. The standard InChI is InChI=1S/C7H18N4/c1-4-6(3)10-7(11-8)9-5-2/h6H,4-5,8H2,1-3H3,(H2,9,10,11). The second-order valence-electron chi connectivity index (χ2n) is 2.42. The third-order valence-electron chi connectivity index (χ3n) is 1.45. The quantitative estimate of drug-likeness (QED) is 0.238. The summed E-state index contributed by atoms with van der Waals surface area (Å²) in [5.74, 6) is 5.89. The third kappa shape index (κ3) is 4.61. The van der Waals surface area contributed by atoms with Crippen LogP contribution in [-0.2, 0) is 0 Å². The van der Waals surface area contributed by atoms with Crippen LogP contribution in [0.15, 0.2) is 4.99 Å². The lowest BCUT2D eigenvalue weighted by Crippen LogP contribution is -2.45. The molecule has 0 aliphatic heterocycles. The summed E-state index contributed by atoms with van der Waals surface area (Å²) in [6, 6.07) is 0.413. The lowest BCUT2D eigenvalue weighted by molar-refractivity contribution is 0.626. The first-order chi connectivity index (χ1) is 5.24. The molecule has 0 aliphatic carbocycles. The smallest absolute Gasteiger partial charge is 0.205 e. The lowest BCUT2D eigenvalue weighted by Gasteiger charge is -2.13. The van der Waals surface area contributed by atoms with Gasteiger partial charge < -0.3 is 5.32 Å². The molecule has 1 atom stereocenters. The minimum absolute atomic E-state index is 0.413. The van der Waals surface area contributed by atoms with Crippen molar-refractivity contribution in [2.45, 2.75) is 33.2 Å². The molecular formula is C7H18N4. The Labute approximate surface area is 68.2 Å². The zero-order chi connectivity index (χ0) is 8.69. The van der Waals surface area contributed by atoms with Gasteiger partial charge in [0.05, 0.1) is 0 Å². The van der Waals surface area contributed by atoms with Gasteiger partial charge in [-0.05, 0) is 20.3 Å². The van der Waals surface area contributed by atoms with Gasteiger partial charge in [-0.2, -0.15) is 0 Å². The van der Waals surface area contributed by atoms with Crippen molar-refractivity contribution in [3.05, 3.63) is 0 Å². The molecule has 0 radical (unpaired) electrons. The summed E-state index contributed by atoms with van der Waals surface area (Å²) in [6.07, 6.45) is 1.06. The van der Waals surface area contributed by atoms with E-state index in [0.717, 1.165) is 13.0 Å². The Bertz CT molecular complexity index is 122. The zero-order valence-corrected chi connectivity index (χ0v) is 7.52. The largest absolute Gasteiger partial charge is 0.353 e. The fourth-order valence-corrected chi connectivity index (χ4v) is 0.627. The number of hydrazine groups is 1. The molecule has 0 saturated heterocycles. The summed E-state index contributed by atoms with van der Waals surface area (Å²) in [6.45, 7) is 6.90. The molecule has 0 spiro atoms. The molecule has 0 aromatic heterocycles. The van der Waals surface area contributed by atoms with Crippen LogP contribution in [0.25, 0.3) is 0 Å². The van der Waals surface area contributed by atoms with E-state index < -0.39 is 0 Å². The Kier molecular flexibility index (Phi) is 5.56. The first-order valence-corrected chi connectivity index (χ1v) is 4.02. The highest BCUT2D eigenvalue weighted by molar-refractivity contribution is 5.79. The summed E-state index contributed by atoms with van der Waals surface area (Å²) < 4.78 is 0. The van der Waals surface area contributed by atoms with E-state index >= 15 is 0 Å². The molecule has 0 saturated carbocycles. The highest BCUT2D eigenvalue weighted by Gasteiger charge is 1.99. The van der Waals surface area contributed by atoms with Crippen LogP contribution >= 0.6 is 0 Å². The molecule has 1 unspecified atom stereocenters. The van der Waals surface area contributed by atoms with Crippen molar-refractivity contribution in [2.24, 2.45) is 10.8 Å². The number of rotatable bonds is 3. The number of nitrogens with one attached hydrogen (secondary N) is 2. The van der Waals surface area contributed by atoms with Crippen LogP contribution in [0.5, 0.6) is 0 Å². The van der Waals surface area contributed by atoms with Crippen LogP contribution in [0, 0.1) is 0 Å². The third-order valence-corrected chi connectivity index (χ3v) is 1.45. The molecule has 0 aromatic carbocycles. The summed E-state index contributed by atoms with van der Waals surface area (Å²) >= 11 is 0. The van der Waals surface area contributed by atoms with E-state index in [9.17, 15) is 0 Å². The molecule has 4 N–H and O–H groups in total. The molecule has 0 amide bonds. The van der Waals surface area contributed by atoms with Gasteiger partial charge in [0, 0.05) is 12.6 Å². The summed E-state index contributed by atoms with van der Waals surface area (Å²) in [5.41, 5.74) is 2.51. The molecule has 4 heteroatoms. The molecule has 0 bridgehead atoms. The Morgan fingerprint density at radius 2 is 2.18 bits per heavy atom. The molecule has 66 valence electrons. The maximum Gasteiger partial charge on any atom is 0.205 e. The van der Waals surface area contributed by atoms with Gasteiger partial charge in [0.1, 0.15) is 0 Å². The van der Waals surface area contributed by atoms with Crippen LogP contribution in [-0.4, -0.2) is 18.5 Å². The maximum absolute atomic E-state index is 5.22. The number of hydrogen-bond donors (Lipinski definition) is 3. The Morgan fingerprint density at radius 3 is 2.55 bits per heavy atom. The van der Waals surface area contributed by atoms with Gasteiger partial charge in [0.2, 0.25) is 5.96 Å². The Hall–Kier alpha value is -0.770. The van der Waals surface area contributed by atoms with Crippen molar-refractivity contribution >= 4 is 5.96 Å². The molecule has 0 aromatic rings. The van der Waals surface area contributed by atoms with E-state index in [4.69, 9.17) is 5.84 Å². The van der Waals surface area contributed by atoms with Crippen LogP contribution in [0.2, 0.25) is 0 Å². The predicted octanol–water partition coefficient (Wildman–Crippen LogP) is 0.214. The van der Waals surface area contributed by atoms with E-state index in [1.807, 2.05) is 6.92 Å². The average molecular weight is 158 g/mol. The molecule has 0 rings (SSSR count). The van der Waals surface area contributed by atoms with Crippen LogP contribution in [0.1, 0.15) is 27.2 Å². The van der Waals surface area contributed by atoms with E-state index in [2.05, 4.69) is 29.6 Å². The second-order valence-corrected chi connectivity index (χ2v) is 2.42. The maximum atomic E-state index is 5.22. The number of nitrogens with zero attached hydrogens (tertiary/aromatic N) is 1. The summed E-state index contributed by atoms with van der Waals surface area (Å²) in [5, 5.41) is 3.13. The van der Waals surface area contributed by atoms with Crippen LogP contribution in [0.4, 0.5) is 0 Å². The molecule has 4 nitrogen and oxygen atoms in total. The van der Waals surface area contributed by atoms with Crippen molar-refractivity contribution in [3.8, 4) is 0 Å². The van der Waals surface area contributed by atoms with Gasteiger partial charge >= 0.3 is 0 Å². The number of hydrogen-bond acceptors (Lipinski definition) is 2. The molecule has 0 heterocycles. The minimum Gasteiger partial charge on any atom is -0.353 e. The molecule has 0 fully saturated rings. The molecular weight excluding hydrogens is 140 g/mol. The average Bonchev–Trinajstić information content (AvgIpc) is 2.03. The van der Waals surface area contributed by atoms with Gasteiger partial charge in [-0.15, -0.1) is 0 Å². The molecule has 0 aliphatic rings. The van der Waals surface area contributed by atoms with Crippen molar-refractivity contribution in [1.29, 1.82) is 0 Å². The van der Waals surface area contributed by atoms with Crippen molar-refractivity contribution < 1.29 is 0 Å². The number of nitrogens with two attached hydrogens (primary N) is 1. The fourth-order valence-electron chi connectivity index (χ4n) is 0.627. The van der Waals surface area contributed by atoms with Crippen LogP contribution < -0.4 is 16.6 Å². The second kappa shape index (κ2) is 5.97. The monoisotopic (exact) mass is 158 g/mol. The number of aliphatic imine (C=N–C) groups is 1. The van der Waals surface area contributed by atoms with Crippen molar-refractivity contribution in [2.75, 3.05) is 6.54 Å². The van der Waals surface area contributed by atoms with E-state index in [-0.39, 0.29) is 0 Å². The fraction of sp³-hybridized carbons (Fsp3) is 0.857. The topological polar surface area (TPSA) is 62.4 Å². The van der Waals surface area contributed by atoms with E-state index in [1.165, 1.54) is 0 Å². The van der Waals surface area contributed by atoms with Gasteiger partial charge in [-0.25, -0.2) is 5.84 Å². The van der Waals surface area contributed by atoms with Gasteiger partial charge in [0.25, 0.3) is 0 Å². The van der Waals surface area contributed by atoms with E-state index in [0.29, 0.717) is 12.0 Å². The summed E-state index contributed by atoms with van der Waals surface area (Å²) in [7, 11) is 0. The van der Waals surface area contributed by atoms with Gasteiger partial charge in [-0.3, -0.25) is 10.4 Å². The zero-order valence-electron chi connectivity index (χ0n) is 7.52. The van der Waals surface area contributed by atoms with E-state index in [1.54, 1.807) is 0 Å². The van der Waals surface area contributed by atoms with Crippen LogP contribution in [0.3, 0.4) is 0 Å². The molecule has 11 heavy (non-hydrogen) atoms. The van der Waals surface area contributed by atoms with Crippen molar-refractivity contribution in [1.82, 2.24) is 10.7 Å². The van der Waals surface area contributed by atoms with Gasteiger partial charge in [-0.1, -0.05) is 6.92 Å². The normalized spacial score (nSPS) is 14.4. The summed E-state index contributed by atoms with van der Waals surface area (Å²) in [4.78, 5) is 4.10. The first-order valence-electron chi connectivity index (χ1n) is 4.02. The Balaban J connectivity index is 3.77. The van der Waals surface area contributed by atoms with Gasteiger partial charge in [0.15, 0.2) is 0 Å². The predicted molar refractivity (Wildman–Crippen MR) is 48.2 cm³/mol.